The number of carbonyl (C=O) groups excluding carboxylic acids is 5. The molecular formula is C66H68BrCl6F9N20O10. The van der Waals surface area contributed by atoms with Crippen LogP contribution in [0.15, 0.2) is 98.0 Å². The van der Waals surface area contributed by atoms with Crippen molar-refractivity contribution in [3.8, 4) is 0 Å². The van der Waals surface area contributed by atoms with E-state index in [2.05, 4.69) is 86.0 Å². The molecule has 1 amide bonds. The summed E-state index contributed by atoms with van der Waals surface area (Å²) < 4.78 is 144. The minimum absolute atomic E-state index is 0.00752. The molecule has 2 fully saturated rings. The summed E-state index contributed by atoms with van der Waals surface area (Å²) in [7, 11) is 3.67. The predicted octanol–water partition coefficient (Wildman–Crippen LogP) is 12.8. The summed E-state index contributed by atoms with van der Waals surface area (Å²) in [6.45, 7) is 10.6. The number of benzene rings is 3. The van der Waals surface area contributed by atoms with Gasteiger partial charge in [0.05, 0.1) is 88.1 Å². The van der Waals surface area contributed by atoms with Gasteiger partial charge in [-0.05, 0) is 92.1 Å². The van der Waals surface area contributed by atoms with Gasteiger partial charge in [0.25, 0.3) is 5.91 Å². The normalized spacial score (nSPS) is 13.5. The first kappa shape index (κ1) is 91.3. The number of ether oxygens (including phenoxy) is 5. The largest absolute Gasteiger partial charge is 0.464 e. The summed E-state index contributed by atoms with van der Waals surface area (Å²) in [5, 5.41) is 10.2. The van der Waals surface area contributed by atoms with E-state index in [0.29, 0.717) is 54.3 Å². The fourth-order valence-electron chi connectivity index (χ4n) is 9.40. The lowest BCUT2D eigenvalue weighted by Gasteiger charge is -2.25. The molecule has 0 radical (unpaired) electrons. The molecule has 0 saturated carbocycles. The van der Waals surface area contributed by atoms with E-state index >= 15 is 0 Å². The van der Waals surface area contributed by atoms with E-state index in [4.69, 9.17) is 108 Å². The maximum Gasteiger partial charge on any atom is 0.416 e. The van der Waals surface area contributed by atoms with Crippen LogP contribution in [0.3, 0.4) is 0 Å². The molecule has 2 saturated heterocycles. The highest BCUT2D eigenvalue weighted by Gasteiger charge is 2.34. The molecule has 7 aromatic heterocycles. The molecule has 9 heterocycles. The number of nitrogens with zero attached hydrogens (tertiary/aromatic N) is 12. The van der Waals surface area contributed by atoms with Crippen molar-refractivity contribution in [2.75, 3.05) is 113 Å². The van der Waals surface area contributed by atoms with Crippen molar-refractivity contribution in [1.82, 2.24) is 63.3 Å². The number of fused-ring (bicyclic) bond motifs is 3. The second-order valence-electron chi connectivity index (χ2n) is 23.1. The molecule has 0 aliphatic carbocycles. The lowest BCUT2D eigenvalue weighted by atomic mass is 10.0. The van der Waals surface area contributed by atoms with Crippen LogP contribution in [0.4, 0.5) is 74.0 Å². The van der Waals surface area contributed by atoms with Crippen molar-refractivity contribution in [1.29, 1.82) is 0 Å². The zero-order chi connectivity index (χ0) is 83.3. The Morgan fingerprint density at radius 1 is 0.518 bits per heavy atom. The van der Waals surface area contributed by atoms with E-state index in [9.17, 15) is 63.5 Å². The second kappa shape index (κ2) is 41.2. The number of nitrogen functional groups attached to an aromatic ring is 4. The number of aromatic nitrogens is 11. The smallest absolute Gasteiger partial charge is 0.416 e. The van der Waals surface area contributed by atoms with Crippen LogP contribution in [0.25, 0.3) is 16.9 Å². The zero-order valence-corrected chi connectivity index (χ0v) is 65.3. The molecule has 46 heteroatoms. The van der Waals surface area contributed by atoms with Crippen LogP contribution in [-0.2, 0) is 51.8 Å². The lowest BCUT2D eigenvalue weighted by Crippen LogP contribution is -2.40. The highest BCUT2D eigenvalue weighted by Crippen LogP contribution is 2.37. The molecular weight excluding hydrogens is 1700 g/mol. The number of hydrogen-bond acceptors (Lipinski definition) is 26. The molecule has 10 aromatic rings. The fraction of sp³-hybridized carbons (Fsp3) is 0.318. The first-order valence-electron chi connectivity index (χ1n) is 32.0. The number of carbonyl (C=O) groups is 5. The Bertz CT molecular complexity index is 4920. The highest BCUT2D eigenvalue weighted by molar-refractivity contribution is 9.09. The number of alkyl halides is 10. The number of nitrogens with one attached hydrogen (secondary N) is 3. The van der Waals surface area contributed by atoms with Crippen LogP contribution in [0, 0.1) is 0 Å². The number of amides is 1. The Labute approximate surface area is 668 Å². The minimum atomic E-state index is -4.52. The van der Waals surface area contributed by atoms with Crippen molar-refractivity contribution in [3.05, 3.63) is 179 Å². The average molecular weight is 1770 g/mol. The number of nitrogens with two attached hydrogens (primary N) is 5. The molecule has 13 N–H and O–H groups in total. The monoisotopic (exact) mass is 1760 g/mol. The molecule has 30 nitrogen and oxygen atoms in total. The van der Waals surface area contributed by atoms with Gasteiger partial charge in [0.1, 0.15) is 26.3 Å². The van der Waals surface area contributed by atoms with Crippen LogP contribution < -0.4 is 44.6 Å². The molecule has 3 aromatic carbocycles. The third-order valence-corrected chi connectivity index (χ3v) is 16.5. The van der Waals surface area contributed by atoms with Gasteiger partial charge in [0.2, 0.25) is 5.78 Å². The van der Waals surface area contributed by atoms with Crippen molar-refractivity contribution in [2.24, 2.45) is 5.73 Å². The Morgan fingerprint density at radius 2 is 0.902 bits per heavy atom. The number of halogens is 16. The van der Waals surface area contributed by atoms with E-state index in [0.717, 1.165) is 62.7 Å². The molecule has 2 aliphatic rings. The van der Waals surface area contributed by atoms with E-state index in [-0.39, 0.29) is 99.4 Å². The van der Waals surface area contributed by atoms with Gasteiger partial charge in [-0.15, -0.1) is 0 Å². The first-order valence-corrected chi connectivity index (χ1v) is 35.4. The van der Waals surface area contributed by atoms with Gasteiger partial charge in [-0.1, -0.05) is 85.5 Å². The van der Waals surface area contributed by atoms with Crippen molar-refractivity contribution >= 4 is 167 Å². The number of morpholine rings is 2. The van der Waals surface area contributed by atoms with Crippen LogP contribution in [-0.4, -0.2) is 167 Å². The van der Waals surface area contributed by atoms with Crippen molar-refractivity contribution in [3.63, 3.8) is 0 Å². The zero-order valence-electron chi connectivity index (χ0n) is 59.2. The summed E-state index contributed by atoms with van der Waals surface area (Å²) in [4.78, 5) is 89.5. The number of esters is 3. The Balaban J connectivity index is 0.000000220. The summed E-state index contributed by atoms with van der Waals surface area (Å²) in [6.07, 6.45) is -3.23. The SMILES string of the molecule is C1COCCN1.COC(=O)C(=O)CBr.COC(=O)c1cn2cc(Cl)nc(Cl)c2n1.COC(=O)c1cn2cc(Cl)nc(N[C@H](C)c3cc(N)cc(C(F)(F)F)c3)c2n1.C[C@@H](N)c1cc(N)cc(C(F)(F)F)c1.C[C@@H](Nc1nc(Cl)cn2cc(C(=O)N3CCOCC3)nc12)c1cc(N)cc(C(F)(F)F)c1.Nc1ncc(Cl)nc1Cl. The highest BCUT2D eigenvalue weighted by atomic mass is 79.9. The Kier molecular flexibility index (Phi) is 33.6. The number of anilines is 6. The Hall–Kier alpha value is -9.62. The molecule has 3 atom stereocenters. The van der Waals surface area contributed by atoms with Crippen LogP contribution in [0.2, 0.25) is 30.9 Å². The topological polar surface area (TPSA) is 417 Å². The maximum atomic E-state index is 13.2. The molecule has 0 spiro atoms. The van der Waals surface area contributed by atoms with E-state index in [1.54, 1.807) is 36.3 Å². The minimum Gasteiger partial charge on any atom is -0.464 e. The van der Waals surface area contributed by atoms with Crippen LogP contribution >= 0.6 is 85.5 Å². The third kappa shape index (κ3) is 27.1. The molecule has 112 heavy (non-hydrogen) atoms. The first-order chi connectivity index (χ1) is 52.5. The van der Waals surface area contributed by atoms with Gasteiger partial charge in [-0.2, -0.15) is 39.5 Å². The van der Waals surface area contributed by atoms with Gasteiger partial charge in [-0.3, -0.25) is 9.59 Å². The maximum absolute atomic E-state index is 13.2. The van der Waals surface area contributed by atoms with Gasteiger partial charge in [0, 0.05) is 86.5 Å². The molecule has 0 unspecified atom stereocenters. The number of ketones is 1. The fourth-order valence-corrected chi connectivity index (χ4v) is 10.8. The van der Waals surface area contributed by atoms with E-state index < -0.39 is 77.0 Å². The number of imidazole rings is 3. The Morgan fingerprint density at radius 3 is 1.27 bits per heavy atom. The van der Waals surface area contributed by atoms with Gasteiger partial charge < -0.3 is 86.4 Å². The summed E-state index contributed by atoms with van der Waals surface area (Å²) in [6, 6.07) is 8.32. The van der Waals surface area contributed by atoms with Crippen molar-refractivity contribution < 1.29 is 87.2 Å². The molecule has 2 aliphatic heterocycles. The van der Waals surface area contributed by atoms with E-state index in [1.807, 2.05) is 0 Å². The summed E-state index contributed by atoms with van der Waals surface area (Å²) in [5.41, 5.74) is 27.3. The standard InChI is InChI=1S/C20H20ClF3N6O2.C17H15ClF3N5O2.C9H11F3N2.C8H5Cl2N3O2.C4H5BrO3.C4H3Cl2N3.C4H9NO/c1-11(12-6-13(20(22,23)24)8-14(25)7-12)26-17-18-27-15(9-30(18)10-16(21)28-17)19(31)29-2-4-32-5-3-29;1-8(9-3-10(17(19,20)21)5-11(22)4-9)23-14-15-24-12(16(27)28-2)6-26(15)7-13(18)25-14;1-5(13)6-2-7(9(10,11)12)4-8(14)3-6;1-15-8(14)4-2-13-3-5(9)12-6(10)7(13)11-4;1-8-4(7)3(6)2-5;5-2-1-8-4(7)3(6)9-2;1-3-6-4-2-5-1/h6-11H,2-5,25H2,1H3,(H,26,28);3-8H,22H2,1-2H3,(H,23,25);2-5H,13-14H2,1H3;2-3H,1H3;2H2,1H3;1H,(H2,7,8);5H,1-4H2/t11-;8-;5-;;;;/m111..../s1. The van der Waals surface area contributed by atoms with E-state index in [1.165, 1.54) is 85.5 Å². The lowest BCUT2D eigenvalue weighted by molar-refractivity contribution is -0.150. The third-order valence-electron chi connectivity index (χ3n) is 14.7. The van der Waals surface area contributed by atoms with Crippen LogP contribution in [0.1, 0.15) is 104 Å². The predicted molar refractivity (Wildman–Crippen MR) is 404 cm³/mol. The van der Waals surface area contributed by atoms with Crippen molar-refractivity contribution in [2.45, 2.75) is 57.4 Å². The second-order valence-corrected chi connectivity index (χ2v) is 25.9. The average Bonchev–Trinajstić information content (AvgIpc) is 1.69. The number of rotatable bonds is 12. The summed E-state index contributed by atoms with van der Waals surface area (Å²) in [5.74, 6) is -2.20. The number of methoxy groups -OCH3 is 3. The number of hydrogen-bond donors (Lipinski definition) is 8. The van der Waals surface area contributed by atoms with Gasteiger partial charge in [0.15, 0.2) is 56.1 Å². The van der Waals surface area contributed by atoms with Crippen LogP contribution in [0.5, 0.6) is 0 Å². The molecule has 12 rings (SSSR count). The molecule has 604 valence electrons. The number of Topliss-reactive ketones (excluding diaryl/α,β-unsaturated/α-hetero) is 1. The summed E-state index contributed by atoms with van der Waals surface area (Å²) >= 11 is 37.2. The van der Waals surface area contributed by atoms with Gasteiger partial charge in [-0.25, -0.2) is 54.3 Å². The van der Waals surface area contributed by atoms with Gasteiger partial charge >= 0.3 is 36.4 Å². The molecule has 0 bridgehead atoms. The quantitative estimate of drug-likeness (QED) is 0.0141.